The van der Waals surface area contributed by atoms with Crippen LogP contribution in [0.15, 0.2) is 54.6 Å². The molecule has 0 saturated carbocycles. The number of hydrogen-bond acceptors (Lipinski definition) is 4. The molecule has 1 N–H and O–H groups in total. The van der Waals surface area contributed by atoms with Gasteiger partial charge >= 0.3 is 0 Å². The molecule has 4 heteroatoms. The van der Waals surface area contributed by atoms with Crippen LogP contribution in [-0.2, 0) is 4.79 Å². The number of carbonyl (C=O) groups is 1. The van der Waals surface area contributed by atoms with Gasteiger partial charge in [0.15, 0.2) is 0 Å². The first-order valence-electron chi connectivity index (χ1n) is 9.71. The van der Waals surface area contributed by atoms with Crippen LogP contribution < -0.4 is 15.1 Å². The smallest absolute Gasteiger partial charge is 0.136 e. The Kier molecular flexibility index (Phi) is 5.09. The van der Waals surface area contributed by atoms with E-state index in [9.17, 15) is 4.79 Å². The minimum atomic E-state index is 0.390. The lowest BCUT2D eigenvalue weighted by atomic mass is 10.0. The summed E-state index contributed by atoms with van der Waals surface area (Å²) < 4.78 is 0. The van der Waals surface area contributed by atoms with Crippen molar-refractivity contribution >= 4 is 22.8 Å². The summed E-state index contributed by atoms with van der Waals surface area (Å²) in [7, 11) is 0. The van der Waals surface area contributed by atoms with Gasteiger partial charge in [-0.15, -0.1) is 0 Å². The molecular weight excluding hydrogens is 322 g/mol. The summed E-state index contributed by atoms with van der Waals surface area (Å²) in [5.74, 6) is 0.390. The summed E-state index contributed by atoms with van der Waals surface area (Å²) in [4.78, 5) is 16.2. The fourth-order valence-corrected chi connectivity index (χ4v) is 3.94. The molecule has 0 radical (unpaired) electrons. The molecule has 136 valence electrons. The van der Waals surface area contributed by atoms with Gasteiger partial charge < -0.3 is 15.1 Å². The van der Waals surface area contributed by atoms with Crippen molar-refractivity contribution in [2.24, 2.45) is 0 Å². The Morgan fingerprint density at radius 1 is 0.731 bits per heavy atom. The number of ketones is 1. The number of Topliss-reactive ketones (excluding diaryl/α,β-unsaturated/α-hetero) is 1. The van der Waals surface area contributed by atoms with Gasteiger partial charge in [0.25, 0.3) is 0 Å². The number of rotatable bonds is 4. The summed E-state index contributed by atoms with van der Waals surface area (Å²) in [6.07, 6.45) is 3.68. The van der Waals surface area contributed by atoms with Crippen molar-refractivity contribution in [3.63, 3.8) is 0 Å². The van der Waals surface area contributed by atoms with Crippen LogP contribution in [-0.4, -0.2) is 38.0 Å². The van der Waals surface area contributed by atoms with Gasteiger partial charge in [-0.1, -0.05) is 18.2 Å². The maximum absolute atomic E-state index is 11.4. The van der Waals surface area contributed by atoms with Crippen molar-refractivity contribution in [3.05, 3.63) is 54.6 Å². The Morgan fingerprint density at radius 3 is 1.96 bits per heavy atom. The Labute approximate surface area is 155 Å². The zero-order chi connectivity index (χ0) is 17.8. The molecular formula is C22H27N3O. The molecule has 2 saturated heterocycles. The molecule has 4 nitrogen and oxygen atoms in total. The Hall–Kier alpha value is -2.49. The summed E-state index contributed by atoms with van der Waals surface area (Å²) in [6.45, 7) is 3.90. The molecule has 2 heterocycles. The van der Waals surface area contributed by atoms with E-state index in [1.165, 1.54) is 17.1 Å². The minimum absolute atomic E-state index is 0.390. The van der Waals surface area contributed by atoms with E-state index < -0.39 is 0 Å². The topological polar surface area (TPSA) is 35.6 Å². The molecule has 2 aliphatic heterocycles. The molecule has 0 bridgehead atoms. The van der Waals surface area contributed by atoms with Gasteiger partial charge in [0.05, 0.1) is 0 Å². The lowest BCUT2D eigenvalue weighted by Crippen LogP contribution is -2.39. The molecule has 0 atom stereocenters. The van der Waals surface area contributed by atoms with Crippen LogP contribution in [0.3, 0.4) is 0 Å². The fourth-order valence-electron chi connectivity index (χ4n) is 3.94. The minimum Gasteiger partial charge on any atom is -0.382 e. The number of anilines is 3. The van der Waals surface area contributed by atoms with Gasteiger partial charge in [0.2, 0.25) is 0 Å². The van der Waals surface area contributed by atoms with Crippen molar-refractivity contribution in [1.82, 2.24) is 0 Å². The molecule has 2 aromatic carbocycles. The van der Waals surface area contributed by atoms with E-state index in [4.69, 9.17) is 0 Å². The summed E-state index contributed by atoms with van der Waals surface area (Å²) in [5.41, 5.74) is 3.75. The molecule has 2 fully saturated rings. The molecule has 0 aliphatic carbocycles. The third-order valence-corrected chi connectivity index (χ3v) is 5.54. The number of nitrogens with one attached hydrogen (secondary N) is 1. The number of benzene rings is 2. The first kappa shape index (κ1) is 17.0. The predicted molar refractivity (Wildman–Crippen MR) is 108 cm³/mol. The van der Waals surface area contributed by atoms with Crippen LogP contribution in [0.25, 0.3) is 0 Å². The highest BCUT2D eigenvalue weighted by Crippen LogP contribution is 2.24. The van der Waals surface area contributed by atoms with Gasteiger partial charge in [0.1, 0.15) is 5.78 Å². The number of hydrogen-bond donors (Lipinski definition) is 1. The third-order valence-electron chi connectivity index (χ3n) is 5.54. The summed E-state index contributed by atoms with van der Waals surface area (Å²) in [5, 5.41) is 3.69. The van der Waals surface area contributed by atoms with Crippen LogP contribution in [0.2, 0.25) is 0 Å². The summed E-state index contributed by atoms with van der Waals surface area (Å²) in [6, 6.07) is 19.9. The number of piperidine rings is 2. The third kappa shape index (κ3) is 4.01. The van der Waals surface area contributed by atoms with E-state index in [1.807, 2.05) is 0 Å². The first-order chi connectivity index (χ1) is 12.8. The van der Waals surface area contributed by atoms with Crippen molar-refractivity contribution < 1.29 is 4.79 Å². The maximum Gasteiger partial charge on any atom is 0.136 e. The second kappa shape index (κ2) is 7.81. The molecule has 0 unspecified atom stereocenters. The van der Waals surface area contributed by atoms with E-state index in [-0.39, 0.29) is 0 Å². The van der Waals surface area contributed by atoms with Crippen LogP contribution >= 0.6 is 0 Å². The SMILES string of the molecule is O=C1CCN(c2ccc(NC3CCN(c4ccccc4)CC3)cc2)CC1. The highest BCUT2D eigenvalue weighted by atomic mass is 16.1. The van der Waals surface area contributed by atoms with Crippen molar-refractivity contribution in [2.45, 2.75) is 31.7 Å². The first-order valence-corrected chi connectivity index (χ1v) is 9.71. The average molecular weight is 349 g/mol. The lowest BCUT2D eigenvalue weighted by molar-refractivity contribution is -0.119. The largest absolute Gasteiger partial charge is 0.382 e. The van der Waals surface area contributed by atoms with Crippen LogP contribution in [0.4, 0.5) is 17.1 Å². The highest BCUT2D eigenvalue weighted by Gasteiger charge is 2.20. The highest BCUT2D eigenvalue weighted by molar-refractivity contribution is 5.81. The zero-order valence-electron chi connectivity index (χ0n) is 15.2. The van der Waals surface area contributed by atoms with Gasteiger partial charge in [-0.05, 0) is 49.2 Å². The Balaban J connectivity index is 1.29. The lowest BCUT2D eigenvalue weighted by Gasteiger charge is -2.34. The van der Waals surface area contributed by atoms with E-state index in [0.29, 0.717) is 24.7 Å². The van der Waals surface area contributed by atoms with E-state index >= 15 is 0 Å². The standard InChI is InChI=1S/C22H27N3O/c26-22-12-16-25(17-13-22)21-8-6-18(7-9-21)23-19-10-14-24(15-11-19)20-4-2-1-3-5-20/h1-9,19,23H,10-17H2. The molecule has 2 aliphatic rings. The second-order valence-corrected chi connectivity index (χ2v) is 7.31. The van der Waals surface area contributed by atoms with E-state index in [0.717, 1.165) is 39.0 Å². The predicted octanol–water partition coefficient (Wildman–Crippen LogP) is 3.94. The van der Waals surface area contributed by atoms with Gasteiger partial charge in [0, 0.05) is 62.1 Å². The van der Waals surface area contributed by atoms with Crippen LogP contribution in [0, 0.1) is 0 Å². The maximum atomic E-state index is 11.4. The Morgan fingerprint density at radius 2 is 1.31 bits per heavy atom. The van der Waals surface area contributed by atoms with Crippen molar-refractivity contribution in [1.29, 1.82) is 0 Å². The van der Waals surface area contributed by atoms with Crippen molar-refractivity contribution in [2.75, 3.05) is 41.3 Å². The number of nitrogens with zero attached hydrogens (tertiary/aromatic N) is 2. The van der Waals surface area contributed by atoms with E-state index in [1.54, 1.807) is 0 Å². The molecule has 26 heavy (non-hydrogen) atoms. The quantitative estimate of drug-likeness (QED) is 0.907. The van der Waals surface area contributed by atoms with E-state index in [2.05, 4.69) is 69.7 Å². The molecule has 0 spiro atoms. The van der Waals surface area contributed by atoms with Gasteiger partial charge in [-0.25, -0.2) is 0 Å². The normalized spacial score (nSPS) is 18.8. The molecule has 4 rings (SSSR count). The number of carbonyl (C=O) groups excluding carboxylic acids is 1. The van der Waals surface area contributed by atoms with Crippen LogP contribution in [0.5, 0.6) is 0 Å². The van der Waals surface area contributed by atoms with Gasteiger partial charge in [-0.2, -0.15) is 0 Å². The molecule has 0 amide bonds. The second-order valence-electron chi connectivity index (χ2n) is 7.31. The van der Waals surface area contributed by atoms with Crippen molar-refractivity contribution in [3.8, 4) is 0 Å². The average Bonchev–Trinajstić information content (AvgIpc) is 2.71. The number of para-hydroxylation sites is 1. The zero-order valence-corrected chi connectivity index (χ0v) is 15.2. The van der Waals surface area contributed by atoms with Crippen LogP contribution in [0.1, 0.15) is 25.7 Å². The molecule has 0 aromatic heterocycles. The molecule has 2 aromatic rings. The summed E-state index contributed by atoms with van der Waals surface area (Å²) >= 11 is 0. The Bertz CT molecular complexity index is 711. The van der Waals surface area contributed by atoms with Gasteiger partial charge in [-0.3, -0.25) is 4.79 Å². The fraction of sp³-hybridized carbons (Fsp3) is 0.409. The monoisotopic (exact) mass is 349 g/mol.